The molecule has 64 valence electrons. The molecule has 2 aliphatic heterocycles. The average molecular weight is 178 g/mol. The Morgan fingerprint density at radius 1 is 1.45 bits per heavy atom. The maximum atomic E-state index is 10.7. The first-order valence-corrected chi connectivity index (χ1v) is 4.94. The van der Waals surface area contributed by atoms with Crippen molar-refractivity contribution in [3.8, 4) is 0 Å². The van der Waals surface area contributed by atoms with Crippen LogP contribution in [0.3, 0.4) is 0 Å². The molecule has 0 aromatic heterocycles. The van der Waals surface area contributed by atoms with Crippen LogP contribution in [0.4, 0.5) is 0 Å². The summed E-state index contributed by atoms with van der Waals surface area (Å²) in [7, 11) is -3.46. The summed E-state index contributed by atoms with van der Waals surface area (Å²) in [5.74, 6) is 0. The SMILES string of the molecule is NS(=O)(=O)N1CC2(CCO2)C1. The number of nitrogens with two attached hydrogens (primary N) is 1. The van der Waals surface area contributed by atoms with Crippen molar-refractivity contribution in [1.82, 2.24) is 4.31 Å². The third kappa shape index (κ3) is 1.06. The molecule has 2 rings (SSSR count). The van der Waals surface area contributed by atoms with Gasteiger partial charge in [0, 0.05) is 19.5 Å². The lowest BCUT2D eigenvalue weighted by molar-refractivity contribution is -0.200. The van der Waals surface area contributed by atoms with Crippen LogP contribution < -0.4 is 5.14 Å². The van der Waals surface area contributed by atoms with Gasteiger partial charge in [0.15, 0.2) is 0 Å². The van der Waals surface area contributed by atoms with Crippen LogP contribution in [0, 0.1) is 0 Å². The summed E-state index contributed by atoms with van der Waals surface area (Å²) >= 11 is 0. The highest BCUT2D eigenvalue weighted by molar-refractivity contribution is 7.86. The van der Waals surface area contributed by atoms with E-state index >= 15 is 0 Å². The van der Waals surface area contributed by atoms with Gasteiger partial charge in [-0.25, -0.2) is 5.14 Å². The van der Waals surface area contributed by atoms with E-state index in [0.717, 1.165) is 13.0 Å². The fraction of sp³-hybridized carbons (Fsp3) is 1.00. The molecule has 2 aliphatic rings. The average Bonchev–Trinajstić information content (AvgIpc) is 1.49. The lowest BCUT2D eigenvalue weighted by Gasteiger charge is -2.53. The van der Waals surface area contributed by atoms with Crippen LogP contribution in [0.5, 0.6) is 0 Å². The van der Waals surface area contributed by atoms with Gasteiger partial charge in [0.25, 0.3) is 10.2 Å². The van der Waals surface area contributed by atoms with E-state index in [-0.39, 0.29) is 5.60 Å². The smallest absolute Gasteiger partial charge is 0.277 e. The Morgan fingerprint density at radius 3 is 2.27 bits per heavy atom. The van der Waals surface area contributed by atoms with E-state index in [2.05, 4.69) is 0 Å². The van der Waals surface area contributed by atoms with Crippen LogP contribution in [0.15, 0.2) is 0 Å². The van der Waals surface area contributed by atoms with Gasteiger partial charge < -0.3 is 4.74 Å². The van der Waals surface area contributed by atoms with Gasteiger partial charge in [-0.15, -0.1) is 0 Å². The van der Waals surface area contributed by atoms with Crippen LogP contribution >= 0.6 is 0 Å². The van der Waals surface area contributed by atoms with Crippen molar-refractivity contribution in [3.05, 3.63) is 0 Å². The first kappa shape index (κ1) is 7.48. The van der Waals surface area contributed by atoms with Crippen LogP contribution in [0.25, 0.3) is 0 Å². The largest absolute Gasteiger partial charge is 0.372 e. The Hall–Kier alpha value is -0.170. The van der Waals surface area contributed by atoms with E-state index in [4.69, 9.17) is 9.88 Å². The molecule has 0 unspecified atom stereocenters. The molecule has 0 aliphatic carbocycles. The van der Waals surface area contributed by atoms with Crippen molar-refractivity contribution in [2.75, 3.05) is 19.7 Å². The fourth-order valence-corrected chi connectivity index (χ4v) is 2.25. The summed E-state index contributed by atoms with van der Waals surface area (Å²) in [4.78, 5) is 0. The summed E-state index contributed by atoms with van der Waals surface area (Å²) < 4.78 is 27.8. The van der Waals surface area contributed by atoms with Crippen LogP contribution in [-0.2, 0) is 14.9 Å². The molecule has 1 spiro atoms. The minimum Gasteiger partial charge on any atom is -0.372 e. The number of rotatable bonds is 1. The highest BCUT2D eigenvalue weighted by Gasteiger charge is 2.52. The van der Waals surface area contributed by atoms with Crippen LogP contribution in [-0.4, -0.2) is 38.0 Å². The molecule has 0 aromatic carbocycles. The van der Waals surface area contributed by atoms with E-state index < -0.39 is 10.2 Å². The van der Waals surface area contributed by atoms with E-state index in [1.54, 1.807) is 0 Å². The molecule has 11 heavy (non-hydrogen) atoms. The first-order valence-electron chi connectivity index (χ1n) is 3.44. The van der Waals surface area contributed by atoms with Gasteiger partial charge in [-0.1, -0.05) is 0 Å². The monoisotopic (exact) mass is 178 g/mol. The predicted octanol–water partition coefficient (Wildman–Crippen LogP) is -1.34. The van der Waals surface area contributed by atoms with E-state index in [1.807, 2.05) is 0 Å². The minimum atomic E-state index is -3.46. The third-order valence-electron chi connectivity index (χ3n) is 2.25. The molecule has 0 bridgehead atoms. The maximum Gasteiger partial charge on any atom is 0.277 e. The first-order chi connectivity index (χ1) is 5.02. The molecule has 2 saturated heterocycles. The second-order valence-electron chi connectivity index (χ2n) is 3.09. The van der Waals surface area contributed by atoms with Gasteiger partial charge in [-0.2, -0.15) is 12.7 Å². The Balaban J connectivity index is 1.98. The summed E-state index contributed by atoms with van der Waals surface area (Å²) in [6.45, 7) is 1.62. The van der Waals surface area contributed by atoms with E-state index in [9.17, 15) is 8.42 Å². The highest BCUT2D eigenvalue weighted by atomic mass is 32.2. The third-order valence-corrected chi connectivity index (χ3v) is 3.23. The Bertz CT molecular complexity index is 261. The molecule has 5 nitrogen and oxygen atoms in total. The molecule has 0 radical (unpaired) electrons. The summed E-state index contributed by atoms with van der Waals surface area (Å²) in [6.07, 6.45) is 0.957. The summed E-state index contributed by atoms with van der Waals surface area (Å²) in [6, 6.07) is 0. The molecular formula is C5H10N2O3S. The molecule has 2 heterocycles. The molecule has 6 heteroatoms. The predicted molar refractivity (Wildman–Crippen MR) is 38.0 cm³/mol. The zero-order valence-corrected chi connectivity index (χ0v) is 6.80. The minimum absolute atomic E-state index is 0.160. The van der Waals surface area contributed by atoms with Gasteiger partial charge in [0.2, 0.25) is 0 Å². The molecule has 0 atom stereocenters. The van der Waals surface area contributed by atoms with E-state index in [0.29, 0.717) is 13.1 Å². The van der Waals surface area contributed by atoms with Crippen molar-refractivity contribution < 1.29 is 13.2 Å². The van der Waals surface area contributed by atoms with Crippen LogP contribution in [0.1, 0.15) is 6.42 Å². The number of hydrogen-bond acceptors (Lipinski definition) is 3. The van der Waals surface area contributed by atoms with Gasteiger partial charge in [-0.05, 0) is 0 Å². The lowest BCUT2D eigenvalue weighted by Crippen LogP contribution is -2.70. The molecule has 0 aromatic rings. The Kier molecular flexibility index (Phi) is 1.32. The number of ether oxygens (including phenoxy) is 1. The van der Waals surface area contributed by atoms with Crippen molar-refractivity contribution in [1.29, 1.82) is 0 Å². The fourth-order valence-electron chi connectivity index (χ4n) is 1.42. The second-order valence-corrected chi connectivity index (χ2v) is 4.64. The van der Waals surface area contributed by atoms with Gasteiger partial charge in [0.05, 0.1) is 12.2 Å². The molecule has 2 fully saturated rings. The highest BCUT2D eigenvalue weighted by Crippen LogP contribution is 2.36. The molecular weight excluding hydrogens is 168 g/mol. The standard InChI is InChI=1S/C5H10N2O3S/c6-11(8,9)7-3-5(4-7)1-2-10-5/h1-4H2,(H2,6,8,9). The zero-order chi connectivity index (χ0) is 8.11. The normalized spacial score (nSPS) is 29.5. The molecule has 2 N–H and O–H groups in total. The lowest BCUT2D eigenvalue weighted by atomic mass is 9.89. The Labute approximate surface area is 65.3 Å². The van der Waals surface area contributed by atoms with Gasteiger partial charge in [-0.3, -0.25) is 0 Å². The maximum absolute atomic E-state index is 10.7. The molecule has 0 saturated carbocycles. The van der Waals surface area contributed by atoms with Crippen molar-refractivity contribution >= 4 is 10.2 Å². The van der Waals surface area contributed by atoms with Crippen molar-refractivity contribution in [3.63, 3.8) is 0 Å². The summed E-state index contributed by atoms with van der Waals surface area (Å²) in [5, 5.41) is 4.88. The number of nitrogens with zero attached hydrogens (tertiary/aromatic N) is 1. The van der Waals surface area contributed by atoms with Crippen molar-refractivity contribution in [2.45, 2.75) is 12.0 Å². The molecule has 0 amide bonds. The topological polar surface area (TPSA) is 72.6 Å². The van der Waals surface area contributed by atoms with Gasteiger partial charge in [0.1, 0.15) is 0 Å². The van der Waals surface area contributed by atoms with Gasteiger partial charge >= 0.3 is 0 Å². The Morgan fingerprint density at radius 2 is 2.00 bits per heavy atom. The zero-order valence-electron chi connectivity index (χ0n) is 5.99. The van der Waals surface area contributed by atoms with Crippen LogP contribution in [0.2, 0.25) is 0 Å². The second kappa shape index (κ2) is 1.95. The number of hydrogen-bond donors (Lipinski definition) is 1. The van der Waals surface area contributed by atoms with Crippen molar-refractivity contribution in [2.24, 2.45) is 5.14 Å². The summed E-state index contributed by atoms with van der Waals surface area (Å²) in [5.41, 5.74) is -0.160. The van der Waals surface area contributed by atoms with E-state index in [1.165, 1.54) is 4.31 Å². The quantitative estimate of drug-likeness (QED) is 0.540.